The van der Waals surface area contributed by atoms with Crippen LogP contribution in [0.2, 0.25) is 0 Å². The topological polar surface area (TPSA) is 87.8 Å². The Labute approximate surface area is 115 Å². The van der Waals surface area contributed by atoms with Crippen molar-refractivity contribution >= 4 is 17.4 Å². The number of benzene rings is 1. The molecule has 0 saturated heterocycles. The van der Waals surface area contributed by atoms with Crippen molar-refractivity contribution in [1.29, 1.82) is 5.26 Å². The zero-order chi connectivity index (χ0) is 14.5. The van der Waals surface area contributed by atoms with Gasteiger partial charge >= 0.3 is 0 Å². The average Bonchev–Trinajstić information content (AvgIpc) is 2.86. The molecule has 1 heterocycles. The molecule has 0 aliphatic rings. The zero-order valence-corrected chi connectivity index (χ0v) is 10.8. The SMILES string of the molecule is Cn1cncc1C(=O)C(C#N)C(=O)Nc1ccccc1. The van der Waals surface area contributed by atoms with Crippen LogP contribution in [0.15, 0.2) is 42.9 Å². The van der Waals surface area contributed by atoms with Crippen LogP contribution in [0, 0.1) is 17.2 Å². The lowest BCUT2D eigenvalue weighted by Gasteiger charge is -2.09. The van der Waals surface area contributed by atoms with E-state index in [1.165, 1.54) is 17.1 Å². The average molecular weight is 268 g/mol. The van der Waals surface area contributed by atoms with Gasteiger partial charge in [-0.15, -0.1) is 0 Å². The van der Waals surface area contributed by atoms with E-state index in [2.05, 4.69) is 10.3 Å². The number of nitrogens with one attached hydrogen (secondary N) is 1. The molecule has 0 aliphatic heterocycles. The fraction of sp³-hybridized carbons (Fsp3) is 0.143. The molecule has 1 aromatic carbocycles. The molecule has 1 unspecified atom stereocenters. The van der Waals surface area contributed by atoms with E-state index in [0.29, 0.717) is 5.69 Å². The van der Waals surface area contributed by atoms with Gasteiger partial charge < -0.3 is 9.88 Å². The summed E-state index contributed by atoms with van der Waals surface area (Å²) in [6.07, 6.45) is 2.78. The Bertz CT molecular complexity index is 670. The number of nitriles is 1. The summed E-state index contributed by atoms with van der Waals surface area (Å²) in [5.74, 6) is -2.61. The number of imidazole rings is 1. The first-order valence-corrected chi connectivity index (χ1v) is 5.89. The number of carbonyl (C=O) groups is 2. The predicted octanol–water partition coefficient (Wildman–Crippen LogP) is 1.38. The van der Waals surface area contributed by atoms with Gasteiger partial charge in [0.25, 0.3) is 0 Å². The standard InChI is InChI=1S/C14H12N4O2/c1-18-9-16-8-12(18)13(19)11(7-15)14(20)17-10-5-3-2-4-6-10/h2-6,8-9,11H,1H3,(H,17,20). The Kier molecular flexibility index (Phi) is 3.91. The van der Waals surface area contributed by atoms with Crippen LogP contribution in [-0.4, -0.2) is 21.2 Å². The molecule has 1 N–H and O–H groups in total. The monoisotopic (exact) mass is 268 g/mol. The van der Waals surface area contributed by atoms with Crippen molar-refractivity contribution < 1.29 is 9.59 Å². The van der Waals surface area contributed by atoms with Crippen molar-refractivity contribution in [3.05, 3.63) is 48.5 Å². The van der Waals surface area contributed by atoms with E-state index in [1.807, 2.05) is 0 Å². The van der Waals surface area contributed by atoms with Crippen LogP contribution in [-0.2, 0) is 11.8 Å². The van der Waals surface area contributed by atoms with E-state index in [0.717, 1.165) is 0 Å². The van der Waals surface area contributed by atoms with Crippen molar-refractivity contribution in [2.75, 3.05) is 5.32 Å². The summed E-state index contributed by atoms with van der Waals surface area (Å²) in [6, 6.07) is 10.4. The number of para-hydroxylation sites is 1. The second kappa shape index (κ2) is 5.80. The Balaban J connectivity index is 2.17. The van der Waals surface area contributed by atoms with Crippen molar-refractivity contribution in [2.45, 2.75) is 0 Å². The lowest BCUT2D eigenvalue weighted by Crippen LogP contribution is -2.29. The fourth-order valence-electron chi connectivity index (χ4n) is 1.71. The lowest BCUT2D eigenvalue weighted by molar-refractivity contribution is -0.117. The normalized spacial score (nSPS) is 11.4. The minimum absolute atomic E-state index is 0.222. The molecule has 0 fully saturated rings. The number of hydrogen-bond donors (Lipinski definition) is 1. The van der Waals surface area contributed by atoms with Gasteiger partial charge in [-0.05, 0) is 12.1 Å². The summed E-state index contributed by atoms with van der Waals surface area (Å²) in [5, 5.41) is 11.6. The van der Waals surface area contributed by atoms with E-state index in [-0.39, 0.29) is 5.69 Å². The Morgan fingerprint density at radius 3 is 2.60 bits per heavy atom. The number of hydrogen-bond acceptors (Lipinski definition) is 4. The predicted molar refractivity (Wildman–Crippen MR) is 71.7 cm³/mol. The number of rotatable bonds is 4. The van der Waals surface area contributed by atoms with Crippen LogP contribution in [0.1, 0.15) is 10.5 Å². The van der Waals surface area contributed by atoms with E-state index < -0.39 is 17.6 Å². The van der Waals surface area contributed by atoms with Gasteiger partial charge in [0.2, 0.25) is 11.7 Å². The quantitative estimate of drug-likeness (QED) is 0.670. The highest BCUT2D eigenvalue weighted by molar-refractivity contribution is 6.14. The first-order valence-electron chi connectivity index (χ1n) is 5.89. The molecule has 20 heavy (non-hydrogen) atoms. The molecule has 1 atom stereocenters. The number of amides is 1. The second-order valence-electron chi connectivity index (χ2n) is 4.17. The van der Waals surface area contributed by atoms with Gasteiger partial charge in [0.1, 0.15) is 5.69 Å². The third kappa shape index (κ3) is 2.72. The van der Waals surface area contributed by atoms with Gasteiger partial charge in [0.05, 0.1) is 18.6 Å². The third-order valence-corrected chi connectivity index (χ3v) is 2.76. The summed E-state index contributed by atoms with van der Waals surface area (Å²) in [5.41, 5.74) is 0.760. The van der Waals surface area contributed by atoms with Gasteiger partial charge in [0.15, 0.2) is 5.92 Å². The maximum atomic E-state index is 12.1. The molecular formula is C14H12N4O2. The smallest absolute Gasteiger partial charge is 0.249 e. The molecule has 0 aliphatic carbocycles. The molecule has 0 saturated carbocycles. The van der Waals surface area contributed by atoms with Gasteiger partial charge in [-0.25, -0.2) is 4.98 Å². The number of aryl methyl sites for hydroxylation is 1. The second-order valence-corrected chi connectivity index (χ2v) is 4.17. The number of anilines is 1. The summed E-state index contributed by atoms with van der Waals surface area (Å²) in [7, 11) is 1.63. The van der Waals surface area contributed by atoms with Crippen molar-refractivity contribution in [3.8, 4) is 6.07 Å². The first-order chi connectivity index (χ1) is 9.63. The molecule has 2 aromatic rings. The molecule has 0 bridgehead atoms. The largest absolute Gasteiger partial charge is 0.331 e. The van der Waals surface area contributed by atoms with Crippen LogP contribution in [0.4, 0.5) is 5.69 Å². The van der Waals surface area contributed by atoms with Crippen LogP contribution >= 0.6 is 0 Å². The highest BCUT2D eigenvalue weighted by atomic mass is 16.2. The van der Waals surface area contributed by atoms with Gasteiger partial charge in [0, 0.05) is 12.7 Å². The van der Waals surface area contributed by atoms with Gasteiger partial charge in [-0.2, -0.15) is 5.26 Å². The molecule has 2 rings (SSSR count). The maximum Gasteiger partial charge on any atom is 0.249 e. The molecule has 1 amide bonds. The molecule has 0 radical (unpaired) electrons. The molecule has 0 spiro atoms. The van der Waals surface area contributed by atoms with E-state index in [1.54, 1.807) is 43.4 Å². The highest BCUT2D eigenvalue weighted by Crippen LogP contribution is 2.12. The minimum atomic E-state index is -1.40. The summed E-state index contributed by atoms with van der Waals surface area (Å²) >= 11 is 0. The molecule has 6 heteroatoms. The Morgan fingerprint density at radius 1 is 1.35 bits per heavy atom. The highest BCUT2D eigenvalue weighted by Gasteiger charge is 2.29. The summed E-state index contributed by atoms with van der Waals surface area (Å²) in [6.45, 7) is 0. The van der Waals surface area contributed by atoms with Crippen molar-refractivity contribution in [2.24, 2.45) is 13.0 Å². The summed E-state index contributed by atoms with van der Waals surface area (Å²) < 4.78 is 1.47. The fourth-order valence-corrected chi connectivity index (χ4v) is 1.71. The maximum absolute atomic E-state index is 12.1. The minimum Gasteiger partial charge on any atom is -0.331 e. The lowest BCUT2D eigenvalue weighted by atomic mass is 10.0. The van der Waals surface area contributed by atoms with E-state index in [9.17, 15) is 9.59 Å². The number of ketones is 1. The molecule has 100 valence electrons. The molecular weight excluding hydrogens is 256 g/mol. The van der Waals surface area contributed by atoms with Gasteiger partial charge in [-0.3, -0.25) is 9.59 Å². The van der Waals surface area contributed by atoms with E-state index >= 15 is 0 Å². The van der Waals surface area contributed by atoms with Crippen LogP contribution in [0.5, 0.6) is 0 Å². The third-order valence-electron chi connectivity index (χ3n) is 2.76. The van der Waals surface area contributed by atoms with Crippen LogP contribution in [0.3, 0.4) is 0 Å². The van der Waals surface area contributed by atoms with E-state index in [4.69, 9.17) is 5.26 Å². The van der Waals surface area contributed by atoms with Crippen molar-refractivity contribution in [1.82, 2.24) is 9.55 Å². The number of carbonyl (C=O) groups excluding carboxylic acids is 2. The van der Waals surface area contributed by atoms with Crippen LogP contribution < -0.4 is 5.32 Å². The number of Topliss-reactive ketones (excluding diaryl/α,β-unsaturated/α-hetero) is 1. The van der Waals surface area contributed by atoms with Crippen molar-refractivity contribution in [3.63, 3.8) is 0 Å². The summed E-state index contributed by atoms with van der Waals surface area (Å²) in [4.78, 5) is 28.0. The Hall–Kier alpha value is -2.94. The number of aromatic nitrogens is 2. The molecule has 1 aromatic heterocycles. The van der Waals surface area contributed by atoms with Crippen LogP contribution in [0.25, 0.3) is 0 Å². The first kappa shape index (κ1) is 13.5. The van der Waals surface area contributed by atoms with Gasteiger partial charge in [-0.1, -0.05) is 18.2 Å². The molecule has 6 nitrogen and oxygen atoms in total. The zero-order valence-electron chi connectivity index (χ0n) is 10.8. The Morgan fingerprint density at radius 2 is 2.05 bits per heavy atom. The number of nitrogens with zero attached hydrogens (tertiary/aromatic N) is 3.